The van der Waals surface area contributed by atoms with Gasteiger partial charge in [0.2, 0.25) is 6.33 Å². The van der Waals surface area contributed by atoms with Gasteiger partial charge in [0.15, 0.2) is 4.95 Å². The van der Waals surface area contributed by atoms with E-state index in [4.69, 9.17) is 0 Å². The molecule has 5 heteroatoms. The van der Waals surface area contributed by atoms with Crippen molar-refractivity contribution in [2.75, 3.05) is 0 Å². The Morgan fingerprint density at radius 1 is 1.44 bits per heavy atom. The minimum Gasteiger partial charge on any atom is -1.00 e. The maximum absolute atomic E-state index is 4.39. The Kier molecular flexibility index (Phi) is 5.97. The molecule has 0 saturated heterocycles. The molecule has 1 unspecified atom stereocenters. The summed E-state index contributed by atoms with van der Waals surface area (Å²) in [4.78, 5) is 0.336. The van der Waals surface area contributed by atoms with Gasteiger partial charge in [-0.25, -0.2) is 4.57 Å². The van der Waals surface area contributed by atoms with Crippen molar-refractivity contribution in [2.45, 2.75) is 56.4 Å². The Bertz CT molecular complexity index is 308. The smallest absolute Gasteiger partial charge is 0.265 e. The first kappa shape index (κ1) is 14.2. The second-order valence-corrected chi connectivity index (χ2v) is 5.37. The van der Waals surface area contributed by atoms with Gasteiger partial charge in [-0.1, -0.05) is 13.3 Å². The maximum Gasteiger partial charge on any atom is 0.265 e. The predicted molar refractivity (Wildman–Crippen MR) is 62.8 cm³/mol. The fraction of sp³-hybridized carbons (Fsp3) is 0.818. The molecule has 0 radical (unpaired) electrons. The molecule has 1 fully saturated rings. The highest BCUT2D eigenvalue weighted by Gasteiger charge is 2.21. The molecule has 16 heavy (non-hydrogen) atoms. The van der Waals surface area contributed by atoms with Crippen LogP contribution in [0.2, 0.25) is 0 Å². The van der Waals surface area contributed by atoms with Crippen LogP contribution >= 0.6 is 15.9 Å². The van der Waals surface area contributed by atoms with Gasteiger partial charge in [0.05, 0.1) is 6.04 Å². The van der Waals surface area contributed by atoms with Gasteiger partial charge in [0.25, 0.3) is 6.33 Å². The number of alkyl halides is 1. The summed E-state index contributed by atoms with van der Waals surface area (Å²) in [6, 6.07) is 0.684. The summed E-state index contributed by atoms with van der Waals surface area (Å²) in [5.41, 5.74) is 0. The largest absolute Gasteiger partial charge is 1.00 e. The monoisotopic (exact) mass is 351 g/mol. The van der Waals surface area contributed by atoms with E-state index in [1.165, 1.54) is 32.1 Å². The van der Waals surface area contributed by atoms with Crippen LogP contribution in [0.15, 0.2) is 12.7 Å². The van der Waals surface area contributed by atoms with Crippen LogP contribution in [0.3, 0.4) is 0 Å². The molecular weight excluding hydrogens is 334 g/mol. The summed E-state index contributed by atoms with van der Waals surface area (Å²) in [6.07, 6.45) is 11.9. The summed E-state index contributed by atoms with van der Waals surface area (Å²) in [5.74, 6) is 0. The zero-order chi connectivity index (χ0) is 10.7. The molecule has 0 spiro atoms. The Balaban J connectivity index is 0.00000128. The van der Waals surface area contributed by atoms with E-state index in [2.05, 4.69) is 38.8 Å². The number of hydrogen-bond acceptors (Lipinski definition) is 1. The zero-order valence-electron chi connectivity index (χ0n) is 9.65. The van der Waals surface area contributed by atoms with E-state index in [1.54, 1.807) is 0 Å². The van der Waals surface area contributed by atoms with Crippen LogP contribution < -0.4 is 21.5 Å². The first-order valence-electron chi connectivity index (χ1n) is 5.90. The molecule has 0 aromatic carbocycles. The van der Waals surface area contributed by atoms with Gasteiger partial charge in [0.1, 0.15) is 0 Å². The average molecular weight is 353 g/mol. The van der Waals surface area contributed by atoms with Crippen LogP contribution in [0.4, 0.5) is 0 Å². The van der Waals surface area contributed by atoms with Crippen molar-refractivity contribution < 1.29 is 21.5 Å². The molecule has 0 aliphatic heterocycles. The van der Waals surface area contributed by atoms with Crippen molar-refractivity contribution in [2.24, 2.45) is 0 Å². The Morgan fingerprint density at radius 2 is 2.12 bits per heavy atom. The molecule has 1 saturated carbocycles. The predicted octanol–water partition coefficient (Wildman–Crippen LogP) is -0.0167. The molecule has 1 aromatic rings. The van der Waals surface area contributed by atoms with Gasteiger partial charge in [-0.05, 0) is 48.0 Å². The molecule has 0 bridgehead atoms. The van der Waals surface area contributed by atoms with Gasteiger partial charge in [0, 0.05) is 5.10 Å². The molecule has 1 atom stereocenters. The Hall–Kier alpha value is 0.1000. The van der Waals surface area contributed by atoms with Gasteiger partial charge in [-0.2, -0.15) is 0 Å². The normalized spacial score (nSPS) is 19.1. The van der Waals surface area contributed by atoms with Gasteiger partial charge >= 0.3 is 0 Å². The highest BCUT2D eigenvalue weighted by molar-refractivity contribution is 9.09. The van der Waals surface area contributed by atoms with Gasteiger partial charge in [-0.15, -0.1) is 4.68 Å². The average Bonchev–Trinajstić information content (AvgIpc) is 2.78. The third-order valence-electron chi connectivity index (χ3n) is 3.19. The van der Waals surface area contributed by atoms with Crippen molar-refractivity contribution in [3.63, 3.8) is 0 Å². The zero-order valence-corrected chi connectivity index (χ0v) is 12.8. The third-order valence-corrected chi connectivity index (χ3v) is 4.26. The molecule has 1 heterocycles. The second-order valence-electron chi connectivity index (χ2n) is 4.31. The van der Waals surface area contributed by atoms with Crippen LogP contribution in [0, 0.1) is 0 Å². The second kappa shape index (κ2) is 6.74. The quantitative estimate of drug-likeness (QED) is 0.553. The topological polar surface area (TPSA) is 21.7 Å². The summed E-state index contributed by atoms with van der Waals surface area (Å²) >= 11 is 3.61. The lowest BCUT2D eigenvalue weighted by Crippen LogP contribution is -3.00. The van der Waals surface area contributed by atoms with Crippen LogP contribution in [0.25, 0.3) is 0 Å². The molecule has 0 N–H and O–H groups in total. The lowest BCUT2D eigenvalue weighted by molar-refractivity contribution is -0.726. The SMILES string of the molecule is CCC(Br)n1c[n+](C2CCCCC2)cn1.[Br-]. The fourth-order valence-electron chi connectivity index (χ4n) is 2.21. The number of halogens is 2. The molecule has 1 aliphatic carbocycles. The number of rotatable bonds is 3. The first-order valence-corrected chi connectivity index (χ1v) is 6.81. The minimum absolute atomic E-state index is 0. The summed E-state index contributed by atoms with van der Waals surface area (Å²) in [5, 5.41) is 4.39. The van der Waals surface area contributed by atoms with E-state index in [9.17, 15) is 0 Å². The van der Waals surface area contributed by atoms with E-state index >= 15 is 0 Å². The van der Waals surface area contributed by atoms with Crippen LogP contribution in [-0.4, -0.2) is 9.78 Å². The molecule has 1 aromatic heterocycles. The van der Waals surface area contributed by atoms with Crippen molar-refractivity contribution in [1.82, 2.24) is 9.78 Å². The van der Waals surface area contributed by atoms with Crippen LogP contribution in [0.5, 0.6) is 0 Å². The van der Waals surface area contributed by atoms with Crippen molar-refractivity contribution in [3.05, 3.63) is 12.7 Å². The van der Waals surface area contributed by atoms with Gasteiger partial charge in [-0.3, -0.25) is 0 Å². The number of nitrogens with zero attached hydrogens (tertiary/aromatic N) is 3. The summed E-state index contributed by atoms with van der Waals surface area (Å²) < 4.78 is 4.29. The highest BCUT2D eigenvalue weighted by atomic mass is 79.9. The minimum atomic E-state index is 0. The van der Waals surface area contributed by atoms with Crippen molar-refractivity contribution in [1.29, 1.82) is 0 Å². The molecular formula is C11H19Br2N3. The Morgan fingerprint density at radius 3 is 2.75 bits per heavy atom. The Labute approximate surface area is 116 Å². The lowest BCUT2D eigenvalue weighted by Gasteiger charge is -2.18. The number of hydrogen-bond donors (Lipinski definition) is 0. The third kappa shape index (κ3) is 3.29. The summed E-state index contributed by atoms with van der Waals surface area (Å²) in [7, 11) is 0. The van der Waals surface area contributed by atoms with Gasteiger partial charge < -0.3 is 17.0 Å². The van der Waals surface area contributed by atoms with E-state index < -0.39 is 0 Å². The molecule has 3 nitrogen and oxygen atoms in total. The van der Waals surface area contributed by atoms with E-state index in [-0.39, 0.29) is 17.0 Å². The van der Waals surface area contributed by atoms with E-state index in [0.717, 1.165) is 6.42 Å². The van der Waals surface area contributed by atoms with E-state index in [1.807, 2.05) is 11.0 Å². The first-order chi connectivity index (χ1) is 7.31. The van der Waals surface area contributed by atoms with Crippen LogP contribution in [0.1, 0.15) is 56.4 Å². The molecule has 2 rings (SSSR count). The maximum atomic E-state index is 4.39. The highest BCUT2D eigenvalue weighted by Crippen LogP contribution is 2.23. The van der Waals surface area contributed by atoms with E-state index in [0.29, 0.717) is 11.0 Å². The summed E-state index contributed by atoms with van der Waals surface area (Å²) in [6.45, 7) is 2.16. The number of aromatic nitrogens is 3. The molecule has 92 valence electrons. The van der Waals surface area contributed by atoms with Crippen LogP contribution in [-0.2, 0) is 0 Å². The standard InChI is InChI=1S/C11H19BrN3.BrH/c1-2-11(12)15-9-14(8-13-15)10-6-4-3-5-7-10;/h8-11H,2-7H2,1H3;1H/q+1;/p-1. The van der Waals surface area contributed by atoms with Crippen molar-refractivity contribution in [3.8, 4) is 0 Å². The fourth-order valence-corrected chi connectivity index (χ4v) is 2.43. The molecule has 1 aliphatic rings. The lowest BCUT2D eigenvalue weighted by atomic mass is 9.95. The molecule has 0 amide bonds. The van der Waals surface area contributed by atoms with Crippen molar-refractivity contribution >= 4 is 15.9 Å².